The molecule has 6 aromatic rings. The summed E-state index contributed by atoms with van der Waals surface area (Å²) >= 11 is 1.60. The van der Waals surface area contributed by atoms with Crippen molar-refractivity contribution in [3.05, 3.63) is 88.7 Å². The number of nitrogens with zero attached hydrogens (tertiary/aromatic N) is 8. The molecule has 4 saturated heterocycles. The number of hydrogen-bond acceptors (Lipinski definition) is 15. The number of nitrogens with one attached hydrogen (secondary N) is 2. The molecule has 0 radical (unpaired) electrons. The molecule has 2 aliphatic carbocycles. The smallest absolute Gasteiger partial charge is 0.410 e. The van der Waals surface area contributed by atoms with E-state index in [9.17, 15) is 24.3 Å². The summed E-state index contributed by atoms with van der Waals surface area (Å²) in [5.74, 6) is 0.742. The number of benzene rings is 3. The van der Waals surface area contributed by atoms with E-state index in [1.807, 2.05) is 96.3 Å². The second kappa shape index (κ2) is 23.0. The lowest BCUT2D eigenvalue weighted by Crippen LogP contribution is -2.59. The second-order valence-electron chi connectivity index (χ2n) is 26.9. The van der Waals surface area contributed by atoms with E-state index >= 15 is 0 Å². The zero-order valence-corrected chi connectivity index (χ0v) is 51.5. The number of hydrogen-bond donors (Lipinski definition) is 3. The van der Waals surface area contributed by atoms with E-state index in [1.54, 1.807) is 28.4 Å². The Morgan fingerprint density at radius 2 is 1.67 bits per heavy atom. The highest BCUT2D eigenvalue weighted by atomic mass is 32.1. The number of carbonyl (C=O) groups is 4. The number of fused-ring (bicyclic) bond motifs is 6. The molecular weight excluding hydrogens is 1090 g/mol. The number of likely N-dealkylation sites (tertiary alicyclic amines) is 3. The molecule has 1 saturated carbocycles. The van der Waals surface area contributed by atoms with Crippen LogP contribution in [0.25, 0.3) is 43.4 Å². The maximum absolute atomic E-state index is 14.5. The first-order valence-corrected chi connectivity index (χ1v) is 31.6. The number of phenols is 1. The fourth-order valence-electron chi connectivity index (χ4n) is 13.7. The topological polar surface area (TPSA) is 205 Å². The van der Waals surface area contributed by atoms with Gasteiger partial charge in [0.1, 0.15) is 41.5 Å². The number of rotatable bonds is 15. The normalized spacial score (nSPS) is 22.0. The van der Waals surface area contributed by atoms with E-state index in [0.717, 1.165) is 117 Å². The quantitative estimate of drug-likeness (QED) is 0.0876. The van der Waals surface area contributed by atoms with Crippen LogP contribution in [0.4, 0.5) is 10.6 Å². The van der Waals surface area contributed by atoms with Crippen molar-refractivity contribution in [1.29, 1.82) is 0 Å². The van der Waals surface area contributed by atoms with Crippen LogP contribution in [0.1, 0.15) is 141 Å². The summed E-state index contributed by atoms with van der Waals surface area (Å²) in [6.07, 6.45) is 7.59. The third-order valence-corrected chi connectivity index (χ3v) is 19.6. The molecule has 85 heavy (non-hydrogen) atoms. The maximum Gasteiger partial charge on any atom is 0.410 e. The third-order valence-electron chi connectivity index (χ3n) is 18.6. The predicted octanol–water partition coefficient (Wildman–Crippen LogP) is 10.3. The highest BCUT2D eigenvalue weighted by Crippen LogP contribution is 2.49. The zero-order chi connectivity index (χ0) is 59.7. The van der Waals surface area contributed by atoms with Crippen molar-refractivity contribution in [3.63, 3.8) is 0 Å². The van der Waals surface area contributed by atoms with Crippen LogP contribution in [0.15, 0.2) is 66.3 Å². The Bertz CT molecular complexity index is 3530. The summed E-state index contributed by atoms with van der Waals surface area (Å²) in [5.41, 5.74) is 7.20. The van der Waals surface area contributed by atoms with Gasteiger partial charge in [-0.1, -0.05) is 70.2 Å². The monoisotopic (exact) mass is 1170 g/mol. The van der Waals surface area contributed by atoms with Gasteiger partial charge in [0.25, 0.3) is 5.91 Å². The lowest BCUT2D eigenvalue weighted by atomic mass is 9.79. The standard InChI is InChI=1S/C66H82N10O8S/c1-38-48-13-10-12-45-31-47(77)32-49(53(45)48)54-52(38)55-50(33-67-54)58(74-27-21-42-30-46(35-74)76(34-42)63(81)84-65(7,8)9)72-62(70-55)82-29-28-73-25-19-41(20-26-73)36-83-66(22-23-66)61(80)71-57(64(4,5)6)60(79)75-24-11-14-51(75)59(78)69-39(2)43-15-17-44(18-16-43)56-40(3)68-37-85-56/h10,12-13,15-18,31-33,37-39,41-42,46,51,57,77H,11,14,19-30,34-36H2,1-9H3,(H,69,78)(H,71,80)/t38?,39-,42?,46?,51-,57+/m0/s1. The Labute approximate surface area is 502 Å². The molecular formula is C66H82N10O8S. The summed E-state index contributed by atoms with van der Waals surface area (Å²) in [5, 5.41) is 20.1. The summed E-state index contributed by atoms with van der Waals surface area (Å²) in [7, 11) is 0. The molecule has 6 aliphatic rings. The number of phenolic OH excluding ortho intramolecular Hbond substituents is 1. The van der Waals surface area contributed by atoms with Crippen molar-refractivity contribution < 1.29 is 38.5 Å². The number of aromatic nitrogens is 4. The average molecular weight is 1180 g/mol. The van der Waals surface area contributed by atoms with Gasteiger partial charge in [-0.15, -0.1) is 11.3 Å². The largest absolute Gasteiger partial charge is 0.508 e. The lowest BCUT2D eigenvalue weighted by molar-refractivity contribution is -0.147. The molecule has 4 amide bonds. The van der Waals surface area contributed by atoms with E-state index in [1.165, 1.54) is 0 Å². The van der Waals surface area contributed by atoms with Crippen molar-refractivity contribution in [1.82, 2.24) is 45.3 Å². The Morgan fingerprint density at radius 3 is 2.39 bits per heavy atom. The molecule has 3 aromatic heterocycles. The lowest BCUT2D eigenvalue weighted by Gasteiger charge is -2.36. The Balaban J connectivity index is 0.676. The highest BCUT2D eigenvalue weighted by Gasteiger charge is 2.54. The number of amides is 4. The SMILES string of the molecule is Cc1ncsc1-c1ccc([C@H](C)NC(=O)[C@@H]2CCCN2C(=O)[C@@H](NC(=O)C2(OCC3CCN(CCOc4nc(N5CCC6CC(C5)N(C(=O)OC(C)(C)C)C6)c5cnc6c(c5n4)C(C)c4cccc5cc(O)cc-6c45)CC3)CC2)C(C)(C)C)cc1. The number of piperidine rings is 1. The molecule has 2 bridgehead atoms. The molecule has 3 N–H and O–H groups in total. The first-order valence-electron chi connectivity index (χ1n) is 30.7. The third kappa shape index (κ3) is 11.9. The van der Waals surface area contributed by atoms with Gasteiger partial charge < -0.3 is 44.7 Å². The van der Waals surface area contributed by atoms with Gasteiger partial charge in [0.05, 0.1) is 51.4 Å². The van der Waals surface area contributed by atoms with E-state index in [-0.39, 0.29) is 59.5 Å². The Morgan fingerprint density at radius 1 is 0.894 bits per heavy atom. The number of aryl methyl sites for hydroxylation is 1. The molecule has 12 rings (SSSR count). The van der Waals surface area contributed by atoms with Gasteiger partial charge in [-0.25, -0.2) is 9.78 Å². The molecule has 450 valence electrons. The molecule has 19 heteroatoms. The van der Waals surface area contributed by atoms with Crippen LogP contribution in [0.3, 0.4) is 0 Å². The van der Waals surface area contributed by atoms with E-state index in [2.05, 4.69) is 50.5 Å². The van der Waals surface area contributed by atoms with E-state index in [0.29, 0.717) is 71.0 Å². The first-order chi connectivity index (χ1) is 40.6. The van der Waals surface area contributed by atoms with Gasteiger partial charge in [0.2, 0.25) is 11.8 Å². The fraction of sp³-hybridized carbons (Fsp3) is 0.545. The van der Waals surface area contributed by atoms with Crippen molar-refractivity contribution in [2.45, 2.75) is 155 Å². The van der Waals surface area contributed by atoms with Crippen LogP contribution in [0.2, 0.25) is 0 Å². The van der Waals surface area contributed by atoms with Crippen LogP contribution in [0, 0.1) is 24.2 Å². The predicted molar refractivity (Wildman–Crippen MR) is 329 cm³/mol. The fourth-order valence-corrected chi connectivity index (χ4v) is 14.5. The number of aromatic hydroxyl groups is 1. The van der Waals surface area contributed by atoms with E-state index < -0.39 is 28.7 Å². The molecule has 7 heterocycles. The summed E-state index contributed by atoms with van der Waals surface area (Å²) < 4.78 is 19.0. The van der Waals surface area contributed by atoms with Gasteiger partial charge in [-0.3, -0.25) is 24.3 Å². The zero-order valence-electron chi connectivity index (χ0n) is 50.7. The van der Waals surface area contributed by atoms with Gasteiger partial charge in [0, 0.05) is 56.0 Å². The minimum Gasteiger partial charge on any atom is -0.508 e. The van der Waals surface area contributed by atoms with E-state index in [4.69, 9.17) is 29.2 Å². The molecule has 6 atom stereocenters. The van der Waals surface area contributed by atoms with Gasteiger partial charge >= 0.3 is 12.1 Å². The van der Waals surface area contributed by atoms with Gasteiger partial charge in [-0.2, -0.15) is 9.97 Å². The van der Waals surface area contributed by atoms with Crippen molar-refractivity contribution in [2.75, 3.05) is 63.9 Å². The molecule has 3 unspecified atom stereocenters. The van der Waals surface area contributed by atoms with Crippen LogP contribution in [-0.4, -0.2) is 152 Å². The number of anilines is 1. The number of thiazole rings is 1. The molecule has 0 spiro atoms. The molecule has 18 nitrogen and oxygen atoms in total. The highest BCUT2D eigenvalue weighted by molar-refractivity contribution is 7.13. The minimum atomic E-state index is -0.977. The average Bonchev–Trinajstić information content (AvgIpc) is 1.67. The minimum absolute atomic E-state index is 0.0494. The van der Waals surface area contributed by atoms with Crippen LogP contribution >= 0.6 is 11.3 Å². The number of ether oxygens (including phenoxy) is 3. The summed E-state index contributed by atoms with van der Waals surface area (Å²) in [4.78, 5) is 85.5. The summed E-state index contributed by atoms with van der Waals surface area (Å²) in [6.45, 7) is 23.3. The van der Waals surface area contributed by atoms with Gasteiger partial charge in [0.15, 0.2) is 0 Å². The first kappa shape index (κ1) is 58.4. The van der Waals surface area contributed by atoms with Gasteiger partial charge in [-0.05, 0) is 156 Å². The Kier molecular flexibility index (Phi) is 15.8. The second-order valence-corrected chi connectivity index (χ2v) is 27.8. The Hall–Kier alpha value is -6.96. The maximum atomic E-state index is 14.5. The van der Waals surface area contributed by atoms with Crippen molar-refractivity contribution in [2.24, 2.45) is 17.3 Å². The molecule has 5 fully saturated rings. The molecule has 4 aliphatic heterocycles. The molecule has 3 aromatic carbocycles. The number of carbonyl (C=O) groups excluding carboxylic acids is 4. The number of pyridine rings is 1. The van der Waals surface area contributed by atoms with Crippen molar-refractivity contribution >= 4 is 62.6 Å². The summed E-state index contributed by atoms with van der Waals surface area (Å²) in [6, 6.07) is 16.5. The van der Waals surface area contributed by atoms with Crippen LogP contribution in [-0.2, 0) is 23.9 Å². The van der Waals surface area contributed by atoms with Crippen LogP contribution in [0.5, 0.6) is 11.8 Å². The van der Waals surface area contributed by atoms with Crippen molar-refractivity contribution in [3.8, 4) is 33.5 Å². The van der Waals surface area contributed by atoms with Crippen LogP contribution < -0.4 is 20.3 Å².